The Morgan fingerprint density at radius 3 is 2.45 bits per heavy atom. The van der Waals surface area contributed by atoms with Gasteiger partial charge in [-0.15, -0.1) is 0 Å². The number of hydrogen-bond donors (Lipinski definition) is 0. The third-order valence-electron chi connectivity index (χ3n) is 4.76. The summed E-state index contributed by atoms with van der Waals surface area (Å²) in [5, 5.41) is 10.9. The number of nitro groups is 1. The minimum atomic E-state index is -3.83. The molecule has 0 radical (unpaired) electrons. The maximum absolute atomic E-state index is 12.8. The highest BCUT2D eigenvalue weighted by molar-refractivity contribution is 7.89. The standard InChI is InChI=1S/C19H21N3O6S/c1-28-17-6-2-4-15(12-17)19(23)14-20-8-10-21(11-9-20)29(26,27)18-7-3-5-16(13-18)22(24)25/h2-7,12-13H,8-11,14H2,1H3. The monoisotopic (exact) mass is 419 g/mol. The van der Waals surface area contributed by atoms with Gasteiger partial charge in [0.05, 0.1) is 23.5 Å². The molecule has 10 heteroatoms. The zero-order valence-electron chi connectivity index (χ0n) is 15.9. The number of piperazine rings is 1. The molecule has 0 aliphatic carbocycles. The van der Waals surface area contributed by atoms with Crippen molar-refractivity contribution < 1.29 is 22.9 Å². The molecular formula is C19H21N3O6S. The minimum absolute atomic E-state index is 0.0705. The highest BCUT2D eigenvalue weighted by Crippen LogP contribution is 2.22. The van der Waals surface area contributed by atoms with Crippen LogP contribution in [0.4, 0.5) is 5.69 Å². The zero-order valence-corrected chi connectivity index (χ0v) is 16.7. The SMILES string of the molecule is COc1cccc(C(=O)CN2CCN(S(=O)(=O)c3cccc([N+](=O)[O-])c3)CC2)c1. The lowest BCUT2D eigenvalue weighted by molar-refractivity contribution is -0.385. The Bertz CT molecular complexity index is 1020. The van der Waals surface area contributed by atoms with E-state index in [1.807, 2.05) is 4.90 Å². The second-order valence-corrected chi connectivity index (χ2v) is 8.53. The summed E-state index contributed by atoms with van der Waals surface area (Å²) < 4.78 is 32.0. The largest absolute Gasteiger partial charge is 0.497 e. The Morgan fingerprint density at radius 2 is 1.79 bits per heavy atom. The first-order valence-electron chi connectivity index (χ1n) is 8.95. The molecule has 0 spiro atoms. The molecule has 0 unspecified atom stereocenters. The Morgan fingerprint density at radius 1 is 1.10 bits per heavy atom. The van der Waals surface area contributed by atoms with E-state index in [4.69, 9.17) is 4.74 Å². The summed E-state index contributed by atoms with van der Waals surface area (Å²) in [5.74, 6) is 0.530. The van der Waals surface area contributed by atoms with Crippen LogP contribution in [0.15, 0.2) is 53.4 Å². The van der Waals surface area contributed by atoms with Gasteiger partial charge in [0.1, 0.15) is 5.75 Å². The fourth-order valence-electron chi connectivity index (χ4n) is 3.13. The molecule has 1 aliphatic heterocycles. The average molecular weight is 419 g/mol. The van der Waals surface area contributed by atoms with E-state index >= 15 is 0 Å². The minimum Gasteiger partial charge on any atom is -0.497 e. The number of carbonyl (C=O) groups excluding carboxylic acids is 1. The number of nitrogens with zero attached hydrogens (tertiary/aromatic N) is 3. The summed E-state index contributed by atoms with van der Waals surface area (Å²) in [6, 6.07) is 11.9. The predicted molar refractivity (Wildman–Crippen MR) is 106 cm³/mol. The number of rotatable bonds is 7. The lowest BCUT2D eigenvalue weighted by Gasteiger charge is -2.33. The molecule has 154 valence electrons. The van der Waals surface area contributed by atoms with E-state index in [9.17, 15) is 23.3 Å². The molecule has 3 rings (SSSR count). The molecule has 2 aromatic rings. The first-order chi connectivity index (χ1) is 13.8. The molecule has 0 amide bonds. The summed E-state index contributed by atoms with van der Waals surface area (Å²) in [5.41, 5.74) is 0.268. The van der Waals surface area contributed by atoms with Crippen molar-refractivity contribution in [2.24, 2.45) is 0 Å². The molecule has 9 nitrogen and oxygen atoms in total. The number of non-ortho nitro benzene ring substituents is 1. The molecule has 1 saturated heterocycles. The number of methoxy groups -OCH3 is 1. The van der Waals surface area contributed by atoms with Gasteiger partial charge in [-0.3, -0.25) is 19.8 Å². The van der Waals surface area contributed by atoms with E-state index in [0.717, 1.165) is 6.07 Å². The van der Waals surface area contributed by atoms with Crippen LogP contribution in [0, 0.1) is 10.1 Å². The van der Waals surface area contributed by atoms with Crippen LogP contribution in [0.1, 0.15) is 10.4 Å². The topological polar surface area (TPSA) is 110 Å². The second-order valence-electron chi connectivity index (χ2n) is 6.59. The fraction of sp³-hybridized carbons (Fsp3) is 0.316. The van der Waals surface area contributed by atoms with Gasteiger partial charge < -0.3 is 4.74 Å². The zero-order chi connectivity index (χ0) is 21.0. The van der Waals surface area contributed by atoms with Crippen molar-refractivity contribution in [3.63, 3.8) is 0 Å². The summed E-state index contributed by atoms with van der Waals surface area (Å²) in [4.78, 5) is 24.6. The third kappa shape index (κ3) is 4.78. The van der Waals surface area contributed by atoms with Gasteiger partial charge in [-0.25, -0.2) is 8.42 Å². The molecule has 0 aromatic heterocycles. The lowest BCUT2D eigenvalue weighted by Crippen LogP contribution is -2.49. The van der Waals surface area contributed by atoms with Gasteiger partial charge in [-0.05, 0) is 18.2 Å². The van der Waals surface area contributed by atoms with Crippen molar-refractivity contribution in [2.45, 2.75) is 4.90 Å². The Kier molecular flexibility index (Phi) is 6.26. The van der Waals surface area contributed by atoms with Gasteiger partial charge in [0.15, 0.2) is 5.78 Å². The normalized spacial score (nSPS) is 15.8. The number of sulfonamides is 1. The molecule has 1 aliphatic rings. The first-order valence-corrected chi connectivity index (χ1v) is 10.4. The summed E-state index contributed by atoms with van der Waals surface area (Å²) in [7, 11) is -2.30. The van der Waals surface area contributed by atoms with Crippen LogP contribution in [0.25, 0.3) is 0 Å². The molecule has 1 fully saturated rings. The van der Waals surface area contributed by atoms with Crippen LogP contribution in [0.3, 0.4) is 0 Å². The number of hydrogen-bond acceptors (Lipinski definition) is 7. The van der Waals surface area contributed by atoms with Crippen molar-refractivity contribution in [2.75, 3.05) is 39.8 Å². The van der Waals surface area contributed by atoms with E-state index < -0.39 is 14.9 Å². The van der Waals surface area contributed by atoms with E-state index in [0.29, 0.717) is 24.4 Å². The summed E-state index contributed by atoms with van der Waals surface area (Å²) in [6.07, 6.45) is 0. The van der Waals surface area contributed by atoms with Gasteiger partial charge in [0.25, 0.3) is 5.69 Å². The molecule has 0 saturated carbocycles. The van der Waals surface area contributed by atoms with Crippen LogP contribution >= 0.6 is 0 Å². The van der Waals surface area contributed by atoms with Crippen LogP contribution in [-0.2, 0) is 10.0 Å². The molecular weight excluding hydrogens is 398 g/mol. The lowest BCUT2D eigenvalue weighted by atomic mass is 10.1. The molecule has 0 atom stereocenters. The van der Waals surface area contributed by atoms with Crippen molar-refractivity contribution >= 4 is 21.5 Å². The maximum atomic E-state index is 12.8. The quantitative estimate of drug-likeness (QED) is 0.382. The molecule has 29 heavy (non-hydrogen) atoms. The Hall–Kier alpha value is -2.82. The van der Waals surface area contributed by atoms with Crippen molar-refractivity contribution in [3.05, 3.63) is 64.2 Å². The smallest absolute Gasteiger partial charge is 0.270 e. The Balaban J connectivity index is 1.63. The van der Waals surface area contributed by atoms with Crippen molar-refractivity contribution in [3.8, 4) is 5.75 Å². The Labute approximate surface area is 168 Å². The summed E-state index contributed by atoms with van der Waals surface area (Å²) >= 11 is 0. The van der Waals surface area contributed by atoms with Gasteiger partial charge in [-0.1, -0.05) is 18.2 Å². The predicted octanol–water partition coefficient (Wildman–Crippen LogP) is 1.79. The van der Waals surface area contributed by atoms with E-state index in [1.165, 1.54) is 29.6 Å². The first kappa shape index (κ1) is 20.9. The van der Waals surface area contributed by atoms with E-state index in [2.05, 4.69) is 0 Å². The third-order valence-corrected chi connectivity index (χ3v) is 6.65. The highest BCUT2D eigenvalue weighted by Gasteiger charge is 2.30. The molecule has 0 N–H and O–H groups in total. The summed E-state index contributed by atoms with van der Waals surface area (Å²) in [6.45, 7) is 1.37. The van der Waals surface area contributed by atoms with Crippen LogP contribution in [0.2, 0.25) is 0 Å². The highest BCUT2D eigenvalue weighted by atomic mass is 32.2. The molecule has 0 bridgehead atoms. The van der Waals surface area contributed by atoms with Crippen molar-refractivity contribution in [1.82, 2.24) is 9.21 Å². The van der Waals surface area contributed by atoms with E-state index in [-0.39, 0.29) is 36.0 Å². The van der Waals surface area contributed by atoms with Crippen LogP contribution < -0.4 is 4.74 Å². The number of Topliss-reactive ketones (excluding diaryl/α,β-unsaturated/α-hetero) is 1. The van der Waals surface area contributed by atoms with E-state index in [1.54, 1.807) is 24.3 Å². The van der Waals surface area contributed by atoms with Crippen LogP contribution in [0.5, 0.6) is 5.75 Å². The van der Waals surface area contributed by atoms with Crippen LogP contribution in [-0.4, -0.2) is 68.2 Å². The maximum Gasteiger partial charge on any atom is 0.270 e. The number of ether oxygens (including phenoxy) is 1. The van der Waals surface area contributed by atoms with Crippen molar-refractivity contribution in [1.29, 1.82) is 0 Å². The fourth-order valence-corrected chi connectivity index (χ4v) is 4.59. The number of benzene rings is 2. The number of carbonyl (C=O) groups is 1. The average Bonchev–Trinajstić information content (AvgIpc) is 2.74. The van der Waals surface area contributed by atoms with Gasteiger partial charge >= 0.3 is 0 Å². The molecule has 1 heterocycles. The number of ketones is 1. The molecule has 2 aromatic carbocycles. The second kappa shape index (κ2) is 8.68. The van der Waals surface area contributed by atoms with Gasteiger partial charge in [0, 0.05) is 43.9 Å². The van der Waals surface area contributed by atoms with Gasteiger partial charge in [-0.2, -0.15) is 4.31 Å². The van der Waals surface area contributed by atoms with Gasteiger partial charge in [0.2, 0.25) is 10.0 Å². The number of nitro benzene ring substituents is 1.